The first-order valence-electron chi connectivity index (χ1n) is 6.23. The number of aromatic nitrogens is 2. The maximum Gasteiger partial charge on any atom is 0.275 e. The lowest BCUT2D eigenvalue weighted by Crippen LogP contribution is -2.15. The van der Waals surface area contributed by atoms with Gasteiger partial charge in [0.2, 0.25) is 0 Å². The van der Waals surface area contributed by atoms with Gasteiger partial charge in [-0.3, -0.25) is 9.78 Å². The normalized spacial score (nSPS) is 10.3. The number of nitrogens with zero attached hydrogens (tertiary/aromatic N) is 2. The number of aryl methyl sites for hydroxylation is 1. The minimum Gasteiger partial charge on any atom is -0.491 e. The maximum absolute atomic E-state index is 12.2. The number of hydrogen-bond acceptors (Lipinski definition) is 4. The van der Waals surface area contributed by atoms with Crippen molar-refractivity contribution >= 4 is 39.1 Å². The third-order valence-corrected chi connectivity index (χ3v) is 3.37. The van der Waals surface area contributed by atoms with Crippen LogP contribution in [-0.4, -0.2) is 22.5 Å². The molecule has 0 saturated carbocycles. The molecule has 0 spiro atoms. The molecule has 1 N–H and O–H groups in total. The highest BCUT2D eigenvalue weighted by molar-refractivity contribution is 9.10. The first kappa shape index (κ1) is 15.7. The van der Waals surface area contributed by atoms with Crippen LogP contribution in [0, 0.1) is 6.92 Å². The smallest absolute Gasteiger partial charge is 0.275 e. The van der Waals surface area contributed by atoms with E-state index in [0.29, 0.717) is 27.5 Å². The molecule has 1 amide bonds. The summed E-state index contributed by atoms with van der Waals surface area (Å²) in [6.45, 7) is 4.13. The molecule has 21 heavy (non-hydrogen) atoms. The highest BCUT2D eigenvalue weighted by Gasteiger charge is 2.15. The third kappa shape index (κ3) is 3.92. The molecule has 1 aromatic carbocycles. The summed E-state index contributed by atoms with van der Waals surface area (Å²) in [4.78, 5) is 20.3. The molecule has 5 nitrogen and oxygen atoms in total. The van der Waals surface area contributed by atoms with Crippen LogP contribution in [0.25, 0.3) is 0 Å². The van der Waals surface area contributed by atoms with Crippen LogP contribution in [0.2, 0.25) is 5.02 Å². The minimum absolute atomic E-state index is 0.221. The summed E-state index contributed by atoms with van der Waals surface area (Å²) in [5.41, 5.74) is 1.44. The summed E-state index contributed by atoms with van der Waals surface area (Å²) in [6, 6.07) is 3.32. The number of halogens is 2. The summed E-state index contributed by atoms with van der Waals surface area (Å²) in [6.07, 6.45) is 2.96. The molecule has 2 aromatic rings. The van der Waals surface area contributed by atoms with Crippen molar-refractivity contribution in [3.8, 4) is 5.75 Å². The fraction of sp³-hybridized carbons (Fsp3) is 0.214. The van der Waals surface area contributed by atoms with Crippen molar-refractivity contribution in [3.05, 3.63) is 45.4 Å². The molecule has 0 aliphatic rings. The van der Waals surface area contributed by atoms with Crippen molar-refractivity contribution in [1.82, 2.24) is 9.97 Å². The van der Waals surface area contributed by atoms with Crippen LogP contribution in [0.15, 0.2) is 29.0 Å². The van der Waals surface area contributed by atoms with Gasteiger partial charge in [0.05, 0.1) is 28.7 Å². The Hall–Kier alpha value is -1.66. The summed E-state index contributed by atoms with van der Waals surface area (Å²) in [7, 11) is 0. The molecular formula is C14H13BrClN3O2. The Morgan fingerprint density at radius 3 is 2.76 bits per heavy atom. The number of carbonyl (C=O) groups is 1. The van der Waals surface area contributed by atoms with Crippen molar-refractivity contribution in [1.29, 1.82) is 0 Å². The van der Waals surface area contributed by atoms with E-state index in [-0.39, 0.29) is 11.6 Å². The molecule has 0 saturated heterocycles. The lowest BCUT2D eigenvalue weighted by atomic mass is 10.2. The van der Waals surface area contributed by atoms with Gasteiger partial charge in [0.25, 0.3) is 5.91 Å². The average Bonchev–Trinajstić information content (AvgIpc) is 2.43. The van der Waals surface area contributed by atoms with Gasteiger partial charge in [-0.25, -0.2) is 4.98 Å². The Balaban J connectivity index is 2.29. The molecule has 0 fully saturated rings. The van der Waals surface area contributed by atoms with Crippen molar-refractivity contribution in [3.63, 3.8) is 0 Å². The molecule has 0 bridgehead atoms. The van der Waals surface area contributed by atoms with Gasteiger partial charge < -0.3 is 10.1 Å². The lowest BCUT2D eigenvalue weighted by molar-refractivity contribution is 0.102. The molecule has 0 radical (unpaired) electrons. The molecule has 0 aliphatic heterocycles. The van der Waals surface area contributed by atoms with Crippen molar-refractivity contribution in [2.75, 3.05) is 11.9 Å². The van der Waals surface area contributed by atoms with E-state index < -0.39 is 0 Å². The van der Waals surface area contributed by atoms with Crippen LogP contribution in [0.4, 0.5) is 5.69 Å². The second-order valence-corrected chi connectivity index (χ2v) is 5.49. The SMILES string of the molecule is CCOc1c(Br)cc(Cl)cc1NC(=O)c1cnc(C)cn1. The second-order valence-electron chi connectivity index (χ2n) is 4.19. The zero-order chi connectivity index (χ0) is 15.4. The molecule has 7 heteroatoms. The first-order valence-corrected chi connectivity index (χ1v) is 7.40. The molecule has 0 atom stereocenters. The van der Waals surface area contributed by atoms with Gasteiger partial charge >= 0.3 is 0 Å². The largest absolute Gasteiger partial charge is 0.491 e. The Kier molecular flexibility index (Phi) is 5.14. The van der Waals surface area contributed by atoms with E-state index in [1.165, 1.54) is 12.4 Å². The third-order valence-electron chi connectivity index (χ3n) is 2.56. The quantitative estimate of drug-likeness (QED) is 0.888. The standard InChI is InChI=1S/C14H13BrClN3O2/c1-3-21-13-10(15)4-9(16)5-11(13)19-14(20)12-7-17-8(2)6-18-12/h4-7H,3H2,1-2H3,(H,19,20). The van der Waals surface area contributed by atoms with Crippen molar-refractivity contribution < 1.29 is 9.53 Å². The molecule has 110 valence electrons. The highest BCUT2D eigenvalue weighted by Crippen LogP contribution is 2.36. The molecule has 1 heterocycles. The average molecular weight is 371 g/mol. The number of nitrogens with one attached hydrogen (secondary N) is 1. The lowest BCUT2D eigenvalue weighted by Gasteiger charge is -2.13. The van der Waals surface area contributed by atoms with Gasteiger partial charge in [-0.2, -0.15) is 0 Å². The number of benzene rings is 1. The maximum atomic E-state index is 12.2. The Morgan fingerprint density at radius 1 is 1.38 bits per heavy atom. The summed E-state index contributed by atoms with van der Waals surface area (Å²) in [5, 5.41) is 3.21. The van der Waals surface area contributed by atoms with Crippen molar-refractivity contribution in [2.45, 2.75) is 13.8 Å². The zero-order valence-corrected chi connectivity index (χ0v) is 13.8. The fourth-order valence-corrected chi connectivity index (χ4v) is 2.57. The number of rotatable bonds is 4. The van der Waals surface area contributed by atoms with Gasteiger partial charge in [0.1, 0.15) is 5.69 Å². The molecule has 0 unspecified atom stereocenters. The molecular weight excluding hydrogens is 358 g/mol. The van der Waals surface area contributed by atoms with E-state index in [1.54, 1.807) is 19.1 Å². The predicted molar refractivity (Wildman–Crippen MR) is 85.0 cm³/mol. The Labute approximate surface area is 135 Å². The minimum atomic E-state index is -0.377. The van der Waals surface area contributed by atoms with E-state index in [0.717, 1.165) is 5.69 Å². The predicted octanol–water partition coefficient (Wildman–Crippen LogP) is 3.85. The molecule has 0 aliphatic carbocycles. The summed E-state index contributed by atoms with van der Waals surface area (Å²) >= 11 is 9.37. The number of carbonyl (C=O) groups excluding carboxylic acids is 1. The summed E-state index contributed by atoms with van der Waals surface area (Å²) < 4.78 is 6.19. The van der Waals surface area contributed by atoms with E-state index >= 15 is 0 Å². The van der Waals surface area contributed by atoms with Crippen LogP contribution in [-0.2, 0) is 0 Å². The van der Waals surface area contributed by atoms with Gasteiger partial charge in [-0.1, -0.05) is 11.6 Å². The van der Waals surface area contributed by atoms with Gasteiger partial charge in [-0.05, 0) is 41.9 Å². The van der Waals surface area contributed by atoms with E-state index in [9.17, 15) is 4.79 Å². The second kappa shape index (κ2) is 6.87. The highest BCUT2D eigenvalue weighted by atomic mass is 79.9. The van der Waals surface area contributed by atoms with E-state index in [4.69, 9.17) is 16.3 Å². The monoisotopic (exact) mass is 369 g/mol. The Bertz CT molecular complexity index is 662. The number of anilines is 1. The van der Waals surface area contributed by atoms with Crippen LogP contribution in [0.1, 0.15) is 23.1 Å². The molecule has 1 aromatic heterocycles. The van der Waals surface area contributed by atoms with Crippen LogP contribution < -0.4 is 10.1 Å². The fourth-order valence-electron chi connectivity index (χ4n) is 1.64. The van der Waals surface area contributed by atoms with Gasteiger partial charge in [0.15, 0.2) is 5.75 Å². The first-order chi connectivity index (χ1) is 10.0. The zero-order valence-electron chi connectivity index (χ0n) is 11.5. The topological polar surface area (TPSA) is 64.1 Å². The van der Waals surface area contributed by atoms with E-state index in [2.05, 4.69) is 31.2 Å². The van der Waals surface area contributed by atoms with Crippen LogP contribution >= 0.6 is 27.5 Å². The van der Waals surface area contributed by atoms with E-state index in [1.807, 2.05) is 6.92 Å². The van der Waals surface area contributed by atoms with Crippen LogP contribution in [0.5, 0.6) is 5.75 Å². The van der Waals surface area contributed by atoms with Gasteiger partial charge in [0, 0.05) is 11.2 Å². The number of hydrogen-bond donors (Lipinski definition) is 1. The Morgan fingerprint density at radius 2 is 2.14 bits per heavy atom. The summed E-state index contributed by atoms with van der Waals surface area (Å²) in [5.74, 6) is 0.146. The number of ether oxygens (including phenoxy) is 1. The number of amides is 1. The van der Waals surface area contributed by atoms with Crippen molar-refractivity contribution in [2.24, 2.45) is 0 Å². The van der Waals surface area contributed by atoms with Gasteiger partial charge in [-0.15, -0.1) is 0 Å². The molecule has 2 rings (SSSR count). The van der Waals surface area contributed by atoms with Crippen LogP contribution in [0.3, 0.4) is 0 Å².